The summed E-state index contributed by atoms with van der Waals surface area (Å²) < 4.78 is 7.89. The molecule has 152 valence electrons. The van der Waals surface area contributed by atoms with Gasteiger partial charge in [-0.2, -0.15) is 5.10 Å². The first kappa shape index (κ1) is 19.5. The van der Waals surface area contributed by atoms with Crippen LogP contribution < -0.4 is 5.32 Å². The average Bonchev–Trinajstić information content (AvgIpc) is 3.35. The summed E-state index contributed by atoms with van der Waals surface area (Å²) in [6, 6.07) is 9.77. The van der Waals surface area contributed by atoms with Crippen molar-refractivity contribution in [1.29, 1.82) is 0 Å². The van der Waals surface area contributed by atoms with Crippen LogP contribution in [0.4, 0.5) is 0 Å². The second-order valence-corrected chi connectivity index (χ2v) is 8.00. The summed E-state index contributed by atoms with van der Waals surface area (Å²) >= 11 is 1.64. The second-order valence-electron chi connectivity index (χ2n) is 6.88. The molecule has 0 aliphatic carbocycles. The third-order valence-electron chi connectivity index (χ3n) is 4.87. The van der Waals surface area contributed by atoms with Crippen molar-refractivity contribution < 1.29 is 14.3 Å². The molecule has 2 amide bonds. The second kappa shape index (κ2) is 8.71. The van der Waals surface area contributed by atoms with Gasteiger partial charge in [0.15, 0.2) is 5.69 Å². The Labute approximate surface area is 172 Å². The van der Waals surface area contributed by atoms with E-state index in [-0.39, 0.29) is 11.8 Å². The molecule has 3 heterocycles. The van der Waals surface area contributed by atoms with Crippen molar-refractivity contribution in [2.24, 2.45) is 0 Å². The first-order valence-corrected chi connectivity index (χ1v) is 10.4. The van der Waals surface area contributed by atoms with E-state index in [1.165, 1.54) is 0 Å². The molecule has 0 fully saturated rings. The van der Waals surface area contributed by atoms with Gasteiger partial charge in [-0.15, -0.1) is 11.3 Å². The van der Waals surface area contributed by atoms with E-state index in [1.807, 2.05) is 33.8 Å². The summed E-state index contributed by atoms with van der Waals surface area (Å²) in [5, 5.41) is 8.11. The van der Waals surface area contributed by atoms with Gasteiger partial charge in [0.2, 0.25) is 5.91 Å². The molecule has 1 N–H and O–H groups in total. The third-order valence-corrected chi connectivity index (χ3v) is 5.96. The fourth-order valence-corrected chi connectivity index (χ4v) is 4.31. The number of nitrogens with one attached hydrogen (secondary N) is 1. The minimum absolute atomic E-state index is 0.0998. The number of ether oxygens (including phenoxy) is 1. The predicted octanol–water partition coefficient (Wildman–Crippen LogP) is 1.84. The molecule has 0 saturated heterocycles. The van der Waals surface area contributed by atoms with Crippen molar-refractivity contribution in [3.05, 3.63) is 46.7 Å². The van der Waals surface area contributed by atoms with Gasteiger partial charge in [-0.3, -0.25) is 14.3 Å². The van der Waals surface area contributed by atoms with Crippen molar-refractivity contribution >= 4 is 33.4 Å². The molecule has 1 aliphatic heterocycles. The number of hydrogen-bond donors (Lipinski definition) is 1. The van der Waals surface area contributed by atoms with Crippen LogP contribution in [-0.4, -0.2) is 58.3 Å². The Balaban J connectivity index is 1.34. The van der Waals surface area contributed by atoms with Gasteiger partial charge < -0.3 is 15.0 Å². The number of amides is 2. The van der Waals surface area contributed by atoms with Gasteiger partial charge in [0.05, 0.1) is 40.6 Å². The zero-order chi connectivity index (χ0) is 20.2. The fourth-order valence-electron chi connectivity index (χ4n) is 3.35. The SMILES string of the molecule is COCCNC(=O)c1cc2n(n1)CCN(C(=O)CCc1nc3ccccc3s1)C2. The lowest BCUT2D eigenvalue weighted by molar-refractivity contribution is -0.132. The Hall–Kier alpha value is -2.78. The zero-order valence-electron chi connectivity index (χ0n) is 16.3. The highest BCUT2D eigenvalue weighted by Gasteiger charge is 2.24. The lowest BCUT2D eigenvalue weighted by Gasteiger charge is -2.27. The number of nitrogens with zero attached hydrogens (tertiary/aromatic N) is 4. The van der Waals surface area contributed by atoms with E-state index in [4.69, 9.17) is 4.74 Å². The van der Waals surface area contributed by atoms with Crippen LogP contribution in [0, 0.1) is 0 Å². The topological polar surface area (TPSA) is 89.4 Å². The number of benzene rings is 1. The van der Waals surface area contributed by atoms with Crippen LogP contribution in [-0.2, 0) is 29.0 Å². The van der Waals surface area contributed by atoms with Gasteiger partial charge >= 0.3 is 0 Å². The van der Waals surface area contributed by atoms with Gasteiger partial charge in [0.25, 0.3) is 5.91 Å². The van der Waals surface area contributed by atoms with Crippen LogP contribution in [0.3, 0.4) is 0 Å². The van der Waals surface area contributed by atoms with Crippen LogP contribution in [0.25, 0.3) is 10.2 Å². The van der Waals surface area contributed by atoms with Gasteiger partial charge in [0, 0.05) is 33.0 Å². The van der Waals surface area contributed by atoms with Crippen LogP contribution in [0.5, 0.6) is 0 Å². The lowest BCUT2D eigenvalue weighted by atomic mass is 10.2. The van der Waals surface area contributed by atoms with Crippen molar-refractivity contribution in [2.45, 2.75) is 25.9 Å². The molecule has 0 spiro atoms. The highest BCUT2D eigenvalue weighted by atomic mass is 32.1. The monoisotopic (exact) mass is 413 g/mol. The summed E-state index contributed by atoms with van der Waals surface area (Å²) in [5.41, 5.74) is 2.24. The molecular formula is C20H23N5O3S. The fraction of sp³-hybridized carbons (Fsp3) is 0.400. The molecule has 4 rings (SSSR count). The maximum absolute atomic E-state index is 12.7. The number of carbonyl (C=O) groups is 2. The Bertz CT molecular complexity index is 995. The van der Waals surface area contributed by atoms with Gasteiger partial charge in [-0.25, -0.2) is 4.98 Å². The lowest BCUT2D eigenvalue weighted by Crippen LogP contribution is -2.38. The Morgan fingerprint density at radius 1 is 1.28 bits per heavy atom. The minimum atomic E-state index is -0.224. The molecular weight excluding hydrogens is 390 g/mol. The third kappa shape index (κ3) is 4.46. The molecule has 9 heteroatoms. The smallest absolute Gasteiger partial charge is 0.271 e. The largest absolute Gasteiger partial charge is 0.383 e. The highest BCUT2D eigenvalue weighted by Crippen LogP contribution is 2.23. The van der Waals surface area contributed by atoms with E-state index >= 15 is 0 Å². The predicted molar refractivity (Wildman–Crippen MR) is 110 cm³/mol. The molecule has 8 nitrogen and oxygen atoms in total. The molecule has 0 radical (unpaired) electrons. The molecule has 0 bridgehead atoms. The summed E-state index contributed by atoms with van der Waals surface area (Å²) in [6.07, 6.45) is 1.07. The summed E-state index contributed by atoms with van der Waals surface area (Å²) in [4.78, 5) is 31.3. The Kier molecular flexibility index (Phi) is 5.86. The van der Waals surface area contributed by atoms with Gasteiger partial charge in [-0.1, -0.05) is 12.1 Å². The van der Waals surface area contributed by atoms with Crippen LogP contribution >= 0.6 is 11.3 Å². The van der Waals surface area contributed by atoms with E-state index < -0.39 is 0 Å². The van der Waals surface area contributed by atoms with Gasteiger partial charge in [-0.05, 0) is 18.2 Å². The number of aromatic nitrogens is 3. The molecule has 3 aromatic rings. The average molecular weight is 414 g/mol. The number of hydrogen-bond acceptors (Lipinski definition) is 6. The number of methoxy groups -OCH3 is 1. The molecule has 29 heavy (non-hydrogen) atoms. The normalized spacial score (nSPS) is 13.5. The van der Waals surface area contributed by atoms with Crippen molar-refractivity contribution in [3.63, 3.8) is 0 Å². The quantitative estimate of drug-likeness (QED) is 0.597. The first-order chi connectivity index (χ1) is 14.1. The maximum Gasteiger partial charge on any atom is 0.271 e. The van der Waals surface area contributed by atoms with E-state index in [0.29, 0.717) is 51.3 Å². The first-order valence-electron chi connectivity index (χ1n) is 9.60. The zero-order valence-corrected chi connectivity index (χ0v) is 17.1. The Morgan fingerprint density at radius 3 is 2.97 bits per heavy atom. The molecule has 0 saturated carbocycles. The van der Waals surface area contributed by atoms with E-state index in [9.17, 15) is 9.59 Å². The molecule has 1 aromatic carbocycles. The number of thiazole rings is 1. The molecule has 0 atom stereocenters. The van der Waals surface area contributed by atoms with Crippen molar-refractivity contribution in [1.82, 2.24) is 25.0 Å². The minimum Gasteiger partial charge on any atom is -0.383 e. The number of fused-ring (bicyclic) bond motifs is 2. The number of rotatable bonds is 7. The van der Waals surface area contributed by atoms with Crippen LogP contribution in [0.15, 0.2) is 30.3 Å². The standard InChI is InChI=1S/C20H23N5O3S/c1-28-11-8-21-20(27)16-12-14-13-24(9-10-25(14)23-16)19(26)7-6-18-22-15-4-2-3-5-17(15)29-18/h2-5,12H,6-11,13H2,1H3,(H,21,27). The summed E-state index contributed by atoms with van der Waals surface area (Å²) in [5.74, 6) is -0.125. The molecule has 0 unspecified atom stereocenters. The molecule has 2 aromatic heterocycles. The Morgan fingerprint density at radius 2 is 2.14 bits per heavy atom. The van der Waals surface area contributed by atoms with E-state index in [2.05, 4.69) is 15.4 Å². The number of carbonyl (C=O) groups excluding carboxylic acids is 2. The highest BCUT2D eigenvalue weighted by molar-refractivity contribution is 7.18. The maximum atomic E-state index is 12.7. The van der Waals surface area contributed by atoms with E-state index in [0.717, 1.165) is 20.9 Å². The summed E-state index contributed by atoms with van der Waals surface area (Å²) in [7, 11) is 1.59. The van der Waals surface area contributed by atoms with E-state index in [1.54, 1.807) is 24.5 Å². The summed E-state index contributed by atoms with van der Waals surface area (Å²) in [6.45, 7) is 2.55. The van der Waals surface area contributed by atoms with Crippen LogP contribution in [0.2, 0.25) is 0 Å². The number of para-hydroxylation sites is 1. The van der Waals surface area contributed by atoms with Crippen molar-refractivity contribution in [3.8, 4) is 0 Å². The van der Waals surface area contributed by atoms with Crippen LogP contribution in [0.1, 0.15) is 27.6 Å². The molecule has 1 aliphatic rings. The number of aryl methyl sites for hydroxylation is 1. The van der Waals surface area contributed by atoms with Crippen molar-refractivity contribution in [2.75, 3.05) is 26.8 Å². The van der Waals surface area contributed by atoms with Gasteiger partial charge in [0.1, 0.15) is 0 Å².